The molecule has 7 heavy (non-hydrogen) atoms. The third kappa shape index (κ3) is 5.55. The Morgan fingerprint density at radius 1 is 1.29 bits per heavy atom. The molecule has 4 N–H and O–H groups in total. The molecule has 4 nitrogen and oxygen atoms in total. The monoisotopic (exact) mass is 108 g/mol. The molecule has 0 spiro atoms. The van der Waals surface area contributed by atoms with Crippen molar-refractivity contribution in [3.05, 3.63) is 0 Å². The molecule has 44 valence electrons. The van der Waals surface area contributed by atoms with Crippen LogP contribution < -0.4 is 0 Å². The second-order valence-corrected chi connectivity index (χ2v) is 0.855. The minimum atomic E-state index is -0.559. The van der Waals surface area contributed by atoms with Crippen LogP contribution in [0.1, 0.15) is 0 Å². The van der Waals surface area contributed by atoms with E-state index >= 15 is 0 Å². The third-order valence-corrected chi connectivity index (χ3v) is 0.353. The lowest BCUT2D eigenvalue weighted by molar-refractivity contribution is -0.124. The molecule has 0 aliphatic carbocycles. The van der Waals surface area contributed by atoms with Crippen molar-refractivity contribution in [2.45, 2.75) is 0 Å². The average Bonchev–Trinajstić information content (AvgIpc) is 1.65. The van der Waals surface area contributed by atoms with Crippen molar-refractivity contribution in [3.8, 4) is 0 Å². The van der Waals surface area contributed by atoms with Crippen molar-refractivity contribution in [2.75, 3.05) is 13.2 Å². The summed E-state index contributed by atoms with van der Waals surface area (Å²) in [5, 5.41) is 15.7. The number of hydrogen-bond donors (Lipinski definition) is 2. The van der Waals surface area contributed by atoms with Gasteiger partial charge in [0.25, 0.3) is 0 Å². The Hall–Kier alpha value is -0.450. The summed E-state index contributed by atoms with van der Waals surface area (Å²) < 4.78 is 0. The van der Waals surface area contributed by atoms with Gasteiger partial charge in [0.2, 0.25) is 0 Å². The highest BCUT2D eigenvalue weighted by Crippen LogP contribution is 1.59. The predicted octanol–water partition coefficient (Wildman–Crippen LogP) is -2.28. The molecule has 0 bridgehead atoms. The van der Waals surface area contributed by atoms with Crippen molar-refractivity contribution >= 4 is 5.78 Å². The quantitative estimate of drug-likeness (QED) is 0.417. The first-order valence-corrected chi connectivity index (χ1v) is 1.54. The summed E-state index contributed by atoms with van der Waals surface area (Å²) in [6.45, 7) is -1.12. The van der Waals surface area contributed by atoms with Crippen LogP contribution in [0.2, 0.25) is 0 Å². The number of aliphatic hydroxyl groups is 2. The number of hydrogen-bond acceptors (Lipinski definition) is 3. The summed E-state index contributed by atoms with van der Waals surface area (Å²) in [6, 6.07) is 0. The maximum atomic E-state index is 9.68. The van der Waals surface area contributed by atoms with Crippen molar-refractivity contribution in [1.82, 2.24) is 0 Å². The molecule has 0 aliphatic rings. The first-order valence-electron chi connectivity index (χ1n) is 1.54. The molecule has 4 heteroatoms. The fourth-order valence-electron chi connectivity index (χ4n) is 0.0500. The molecule has 0 aromatic heterocycles. The van der Waals surface area contributed by atoms with E-state index in [2.05, 4.69) is 0 Å². The summed E-state index contributed by atoms with van der Waals surface area (Å²) in [7, 11) is 0. The Morgan fingerprint density at radius 2 is 1.57 bits per heavy atom. The number of ketones is 1. The summed E-state index contributed by atoms with van der Waals surface area (Å²) in [6.07, 6.45) is 0. The van der Waals surface area contributed by atoms with Crippen LogP contribution in [0.4, 0.5) is 0 Å². The first-order chi connectivity index (χ1) is 2.81. The molecule has 0 atom stereocenters. The highest BCUT2D eigenvalue weighted by atomic mass is 16.3. The van der Waals surface area contributed by atoms with Gasteiger partial charge >= 0.3 is 0 Å². The zero-order chi connectivity index (χ0) is 4.99. The van der Waals surface area contributed by atoms with Gasteiger partial charge in [-0.15, -0.1) is 0 Å². The van der Waals surface area contributed by atoms with Gasteiger partial charge in [-0.2, -0.15) is 0 Å². The summed E-state index contributed by atoms with van der Waals surface area (Å²) in [5.74, 6) is -0.546. The number of aliphatic hydroxyl groups excluding tert-OH is 2. The largest absolute Gasteiger partial charge is 0.412 e. The SMILES string of the molecule is O.O=C(CO)CO. The molecular formula is C3H8O4. The van der Waals surface area contributed by atoms with Crippen molar-refractivity contribution in [2.24, 2.45) is 0 Å². The minimum absolute atomic E-state index is 0. The van der Waals surface area contributed by atoms with Gasteiger partial charge in [-0.05, 0) is 0 Å². The van der Waals surface area contributed by atoms with E-state index in [1.54, 1.807) is 0 Å². The smallest absolute Gasteiger partial charge is 0.183 e. The maximum absolute atomic E-state index is 9.68. The van der Waals surface area contributed by atoms with Crippen LogP contribution in [0.5, 0.6) is 0 Å². The van der Waals surface area contributed by atoms with Crippen LogP contribution in [0.15, 0.2) is 0 Å². The van der Waals surface area contributed by atoms with Gasteiger partial charge in [-0.25, -0.2) is 0 Å². The molecule has 0 fully saturated rings. The molecule has 0 aromatic carbocycles. The van der Waals surface area contributed by atoms with Gasteiger partial charge in [0, 0.05) is 0 Å². The molecule has 0 amide bonds. The van der Waals surface area contributed by atoms with E-state index in [9.17, 15) is 4.79 Å². The second kappa shape index (κ2) is 5.55. The Kier molecular flexibility index (Phi) is 7.73. The van der Waals surface area contributed by atoms with E-state index in [0.717, 1.165) is 0 Å². The Labute approximate surface area is 40.7 Å². The molecule has 0 unspecified atom stereocenters. The number of rotatable bonds is 2. The van der Waals surface area contributed by atoms with Crippen LogP contribution >= 0.6 is 0 Å². The van der Waals surface area contributed by atoms with Crippen LogP contribution in [-0.4, -0.2) is 34.7 Å². The van der Waals surface area contributed by atoms with E-state index in [0.29, 0.717) is 0 Å². The predicted molar refractivity (Wildman–Crippen MR) is 22.8 cm³/mol. The standard InChI is InChI=1S/C3H6O3.H2O/c4-1-3(6)2-5;/h4-5H,1-2H2;1H2. The van der Waals surface area contributed by atoms with Gasteiger partial charge < -0.3 is 15.7 Å². The molecule has 0 saturated heterocycles. The van der Waals surface area contributed by atoms with Crippen molar-refractivity contribution in [3.63, 3.8) is 0 Å². The highest BCUT2D eigenvalue weighted by molar-refractivity contribution is 5.80. The fraction of sp³-hybridized carbons (Fsp3) is 0.667. The number of carbonyl (C=O) groups is 1. The van der Waals surface area contributed by atoms with E-state index in [4.69, 9.17) is 10.2 Å². The van der Waals surface area contributed by atoms with Crippen LogP contribution in [0.3, 0.4) is 0 Å². The van der Waals surface area contributed by atoms with Crippen LogP contribution in [0, 0.1) is 0 Å². The van der Waals surface area contributed by atoms with Crippen LogP contribution in [0.25, 0.3) is 0 Å². The Balaban J connectivity index is 0. The van der Waals surface area contributed by atoms with Gasteiger partial charge in [0.15, 0.2) is 5.78 Å². The topological polar surface area (TPSA) is 89.0 Å². The number of carbonyl (C=O) groups excluding carboxylic acids is 1. The van der Waals surface area contributed by atoms with Gasteiger partial charge in [-0.1, -0.05) is 0 Å². The molecular weight excluding hydrogens is 100 g/mol. The van der Waals surface area contributed by atoms with E-state index in [1.165, 1.54) is 0 Å². The lowest BCUT2D eigenvalue weighted by Crippen LogP contribution is -2.07. The molecule has 0 heterocycles. The Morgan fingerprint density at radius 3 is 1.57 bits per heavy atom. The lowest BCUT2D eigenvalue weighted by atomic mass is 10.5. The van der Waals surface area contributed by atoms with E-state index < -0.39 is 19.0 Å². The summed E-state index contributed by atoms with van der Waals surface area (Å²) in [4.78, 5) is 9.68. The average molecular weight is 108 g/mol. The normalized spacial score (nSPS) is 7.14. The third-order valence-electron chi connectivity index (χ3n) is 0.353. The van der Waals surface area contributed by atoms with Gasteiger partial charge in [-0.3, -0.25) is 4.79 Å². The minimum Gasteiger partial charge on any atom is -0.412 e. The maximum Gasteiger partial charge on any atom is 0.183 e. The molecule has 0 saturated carbocycles. The van der Waals surface area contributed by atoms with Crippen molar-refractivity contribution < 1.29 is 20.5 Å². The summed E-state index contributed by atoms with van der Waals surface area (Å²) in [5.41, 5.74) is 0. The Bertz CT molecular complexity index is 44.9. The molecule has 0 rings (SSSR count). The van der Waals surface area contributed by atoms with Crippen molar-refractivity contribution in [1.29, 1.82) is 0 Å². The lowest BCUT2D eigenvalue weighted by Gasteiger charge is -1.81. The molecule has 0 aliphatic heterocycles. The van der Waals surface area contributed by atoms with Crippen LogP contribution in [-0.2, 0) is 4.79 Å². The molecule has 0 radical (unpaired) electrons. The zero-order valence-electron chi connectivity index (χ0n) is 3.72. The fourth-order valence-corrected chi connectivity index (χ4v) is 0.0500. The van der Waals surface area contributed by atoms with E-state index in [-0.39, 0.29) is 5.48 Å². The molecule has 0 aromatic rings. The van der Waals surface area contributed by atoms with E-state index in [1.807, 2.05) is 0 Å². The zero-order valence-corrected chi connectivity index (χ0v) is 3.72. The highest BCUT2D eigenvalue weighted by Gasteiger charge is 1.89. The first kappa shape index (κ1) is 9.75. The summed E-state index contributed by atoms with van der Waals surface area (Å²) >= 11 is 0. The second-order valence-electron chi connectivity index (χ2n) is 0.855. The number of Topliss-reactive ketones (excluding diaryl/α,β-unsaturated/α-hetero) is 1. The van der Waals surface area contributed by atoms with Gasteiger partial charge in [0.1, 0.15) is 13.2 Å². The van der Waals surface area contributed by atoms with Gasteiger partial charge in [0.05, 0.1) is 0 Å².